The maximum Gasteiger partial charge on any atom is 0.299 e. The van der Waals surface area contributed by atoms with E-state index in [1.165, 1.54) is 25.3 Å². The molecule has 0 fully saturated rings. The standard InChI is InChI=1S/C19H17Cl2F3N4O2/c1-2-18(19(23,24)9-30-8-15(25)28-18)12-6-11(3-4-14(12)22)27-17(29)16-13(21)5-10(20)7-26-16/h3-7H,2,8-9H2,1H3,(H2,25,28)(H,27,29). The number of anilines is 1. The first-order chi connectivity index (χ1) is 14.1. The smallest absolute Gasteiger partial charge is 0.299 e. The molecule has 30 heavy (non-hydrogen) atoms. The highest BCUT2D eigenvalue weighted by Gasteiger charge is 2.56. The molecule has 2 heterocycles. The van der Waals surface area contributed by atoms with E-state index in [4.69, 9.17) is 33.7 Å². The lowest BCUT2D eigenvalue weighted by Crippen LogP contribution is -2.47. The van der Waals surface area contributed by atoms with E-state index in [1.807, 2.05) is 0 Å². The number of nitrogens with one attached hydrogen (secondary N) is 1. The second-order valence-corrected chi connectivity index (χ2v) is 7.49. The number of alkyl halides is 2. The molecular weight excluding hydrogens is 444 g/mol. The molecule has 1 aromatic heterocycles. The van der Waals surface area contributed by atoms with Crippen LogP contribution in [0, 0.1) is 5.82 Å². The number of ether oxygens (including phenoxy) is 1. The Hall–Kier alpha value is -2.36. The molecule has 1 amide bonds. The van der Waals surface area contributed by atoms with E-state index < -0.39 is 35.4 Å². The van der Waals surface area contributed by atoms with Crippen LogP contribution in [0.2, 0.25) is 10.0 Å². The molecule has 11 heteroatoms. The summed E-state index contributed by atoms with van der Waals surface area (Å²) in [5, 5.41) is 2.70. The quantitative estimate of drug-likeness (QED) is 0.706. The van der Waals surface area contributed by atoms with Crippen molar-refractivity contribution in [2.24, 2.45) is 10.7 Å². The van der Waals surface area contributed by atoms with Crippen LogP contribution < -0.4 is 11.1 Å². The van der Waals surface area contributed by atoms with Gasteiger partial charge in [0.25, 0.3) is 11.8 Å². The van der Waals surface area contributed by atoms with E-state index in [2.05, 4.69) is 15.3 Å². The molecule has 0 aliphatic carbocycles. The lowest BCUT2D eigenvalue weighted by Gasteiger charge is -2.36. The van der Waals surface area contributed by atoms with Gasteiger partial charge in [-0.15, -0.1) is 0 Å². The summed E-state index contributed by atoms with van der Waals surface area (Å²) in [6.45, 7) is 0.166. The summed E-state index contributed by atoms with van der Waals surface area (Å²) in [6.07, 6.45) is 0.969. The molecule has 0 bridgehead atoms. The number of amidine groups is 1. The van der Waals surface area contributed by atoms with Crippen LogP contribution in [0.25, 0.3) is 0 Å². The summed E-state index contributed by atoms with van der Waals surface area (Å²) >= 11 is 11.7. The van der Waals surface area contributed by atoms with E-state index in [0.717, 1.165) is 12.1 Å². The van der Waals surface area contributed by atoms with Gasteiger partial charge in [-0.05, 0) is 30.7 Å². The Kier molecular flexibility index (Phi) is 6.26. The van der Waals surface area contributed by atoms with Crippen LogP contribution in [0.15, 0.2) is 35.5 Å². The maximum absolute atomic E-state index is 15.0. The number of benzene rings is 1. The number of amides is 1. The van der Waals surface area contributed by atoms with Gasteiger partial charge in [-0.3, -0.25) is 9.79 Å². The summed E-state index contributed by atoms with van der Waals surface area (Å²) in [5.41, 5.74) is 2.88. The zero-order valence-electron chi connectivity index (χ0n) is 15.7. The van der Waals surface area contributed by atoms with Crippen LogP contribution in [0.1, 0.15) is 29.4 Å². The Morgan fingerprint density at radius 1 is 1.33 bits per heavy atom. The van der Waals surface area contributed by atoms with Gasteiger partial charge in [-0.25, -0.2) is 18.2 Å². The molecule has 3 N–H and O–H groups in total. The highest BCUT2D eigenvalue weighted by molar-refractivity contribution is 6.36. The minimum atomic E-state index is -3.55. The van der Waals surface area contributed by atoms with E-state index in [-0.39, 0.29) is 40.3 Å². The molecule has 0 saturated carbocycles. The highest BCUT2D eigenvalue weighted by Crippen LogP contribution is 2.46. The number of carbonyl (C=O) groups excluding carboxylic acids is 1. The molecule has 1 unspecified atom stereocenters. The van der Waals surface area contributed by atoms with Gasteiger partial charge in [0.15, 0.2) is 5.54 Å². The van der Waals surface area contributed by atoms with Gasteiger partial charge in [0, 0.05) is 17.4 Å². The largest absolute Gasteiger partial charge is 0.385 e. The van der Waals surface area contributed by atoms with Gasteiger partial charge >= 0.3 is 0 Å². The second kappa shape index (κ2) is 8.41. The number of rotatable bonds is 4. The van der Waals surface area contributed by atoms with Crippen LogP contribution in [-0.2, 0) is 10.3 Å². The Morgan fingerprint density at radius 3 is 2.73 bits per heavy atom. The van der Waals surface area contributed by atoms with Crippen LogP contribution in [0.5, 0.6) is 0 Å². The first-order valence-corrected chi connectivity index (χ1v) is 9.57. The third-order valence-corrected chi connectivity index (χ3v) is 5.17. The summed E-state index contributed by atoms with van der Waals surface area (Å²) in [5.74, 6) is -5.37. The van der Waals surface area contributed by atoms with E-state index in [0.29, 0.717) is 0 Å². The predicted octanol–water partition coefficient (Wildman–Crippen LogP) is 4.41. The van der Waals surface area contributed by atoms with Crippen molar-refractivity contribution >= 4 is 40.6 Å². The number of hydrogen-bond acceptors (Lipinski definition) is 5. The minimum absolute atomic E-state index is 0.00260. The van der Waals surface area contributed by atoms with Crippen LogP contribution in [-0.4, -0.2) is 35.9 Å². The summed E-state index contributed by atoms with van der Waals surface area (Å²) < 4.78 is 49.6. The molecule has 1 atom stereocenters. The number of carbonyl (C=O) groups is 1. The summed E-state index contributed by atoms with van der Waals surface area (Å²) in [6, 6.07) is 4.61. The lowest BCUT2D eigenvalue weighted by atomic mass is 9.81. The molecule has 0 spiro atoms. The zero-order valence-corrected chi connectivity index (χ0v) is 17.2. The second-order valence-electron chi connectivity index (χ2n) is 6.65. The van der Waals surface area contributed by atoms with Gasteiger partial charge in [0.1, 0.15) is 30.6 Å². The van der Waals surface area contributed by atoms with Crippen molar-refractivity contribution in [1.29, 1.82) is 0 Å². The van der Waals surface area contributed by atoms with Gasteiger partial charge < -0.3 is 15.8 Å². The average Bonchev–Trinajstić information content (AvgIpc) is 2.78. The van der Waals surface area contributed by atoms with Gasteiger partial charge in [0.2, 0.25) is 0 Å². The van der Waals surface area contributed by atoms with Crippen LogP contribution >= 0.6 is 23.2 Å². The predicted molar refractivity (Wildman–Crippen MR) is 108 cm³/mol. The molecule has 6 nitrogen and oxygen atoms in total. The first-order valence-electron chi connectivity index (χ1n) is 8.82. The third kappa shape index (κ3) is 4.10. The molecule has 0 saturated heterocycles. The first kappa shape index (κ1) is 22.3. The summed E-state index contributed by atoms with van der Waals surface area (Å²) in [7, 11) is 0. The van der Waals surface area contributed by atoms with E-state index in [1.54, 1.807) is 0 Å². The van der Waals surface area contributed by atoms with Crippen molar-refractivity contribution in [1.82, 2.24) is 4.98 Å². The number of nitrogens with zero attached hydrogens (tertiary/aromatic N) is 2. The number of nitrogens with two attached hydrogens (primary N) is 1. The Morgan fingerprint density at radius 2 is 2.07 bits per heavy atom. The number of hydrogen-bond donors (Lipinski definition) is 2. The van der Waals surface area contributed by atoms with E-state index in [9.17, 15) is 18.0 Å². The number of halogens is 5. The SMILES string of the molecule is CCC1(c2cc(NC(=O)c3ncc(Cl)cc3Cl)ccc2F)N=C(N)COCC1(F)F. The normalized spacial score (nSPS) is 20.9. The Balaban J connectivity index is 2.04. The van der Waals surface area contributed by atoms with Crippen molar-refractivity contribution in [3.8, 4) is 0 Å². The molecule has 160 valence electrons. The molecule has 2 aromatic rings. The lowest BCUT2D eigenvalue weighted by molar-refractivity contribution is -0.123. The molecule has 1 aromatic carbocycles. The number of aliphatic imine (C=N–C) groups is 1. The van der Waals surface area contributed by atoms with Crippen molar-refractivity contribution in [2.45, 2.75) is 24.8 Å². The average molecular weight is 461 g/mol. The molecular formula is C19H17Cl2F3N4O2. The fraction of sp³-hybridized carbons (Fsp3) is 0.316. The fourth-order valence-electron chi connectivity index (χ4n) is 3.24. The van der Waals surface area contributed by atoms with Crippen molar-refractivity contribution in [3.05, 3.63) is 57.6 Å². The van der Waals surface area contributed by atoms with E-state index >= 15 is 0 Å². The van der Waals surface area contributed by atoms with Gasteiger partial charge in [-0.2, -0.15) is 0 Å². The molecule has 0 radical (unpaired) electrons. The van der Waals surface area contributed by atoms with Crippen molar-refractivity contribution in [2.75, 3.05) is 18.5 Å². The fourth-order valence-corrected chi connectivity index (χ4v) is 3.71. The zero-order chi connectivity index (χ0) is 22.1. The van der Waals surface area contributed by atoms with Gasteiger partial charge in [0.05, 0.1) is 10.0 Å². The molecule has 1 aliphatic rings. The third-order valence-electron chi connectivity index (χ3n) is 4.68. The van der Waals surface area contributed by atoms with Crippen LogP contribution in [0.4, 0.5) is 18.9 Å². The molecule has 1 aliphatic heterocycles. The number of aromatic nitrogens is 1. The Bertz CT molecular complexity index is 1020. The summed E-state index contributed by atoms with van der Waals surface area (Å²) in [4.78, 5) is 20.3. The highest BCUT2D eigenvalue weighted by atomic mass is 35.5. The molecule has 3 rings (SSSR count). The van der Waals surface area contributed by atoms with Crippen LogP contribution in [0.3, 0.4) is 0 Å². The minimum Gasteiger partial charge on any atom is -0.385 e. The number of pyridine rings is 1. The topological polar surface area (TPSA) is 89.6 Å². The maximum atomic E-state index is 15.0. The van der Waals surface area contributed by atoms with Crippen molar-refractivity contribution in [3.63, 3.8) is 0 Å². The monoisotopic (exact) mass is 460 g/mol. The Labute approximate surface area is 180 Å². The van der Waals surface area contributed by atoms with Crippen molar-refractivity contribution < 1.29 is 22.7 Å². The van der Waals surface area contributed by atoms with Gasteiger partial charge in [-0.1, -0.05) is 30.1 Å².